The molecular weight excluding hydrogens is 418 g/mol. The SMILES string of the molecule is CCOCCCn1c(-c2ccc(COc3ccc(Br)cc3)o2)n[nH]c1=S. The van der Waals surface area contributed by atoms with Gasteiger partial charge >= 0.3 is 0 Å². The van der Waals surface area contributed by atoms with E-state index >= 15 is 0 Å². The molecule has 8 heteroatoms. The summed E-state index contributed by atoms with van der Waals surface area (Å²) in [5.74, 6) is 2.84. The van der Waals surface area contributed by atoms with Gasteiger partial charge in [-0.25, -0.2) is 0 Å². The zero-order valence-electron chi connectivity index (χ0n) is 14.4. The van der Waals surface area contributed by atoms with Crippen LogP contribution in [0.15, 0.2) is 45.3 Å². The third-order valence-corrected chi connectivity index (χ3v) is 4.55. The molecular formula is C18H20BrN3O3S. The lowest BCUT2D eigenvalue weighted by Gasteiger charge is -2.06. The number of hydrogen-bond donors (Lipinski definition) is 1. The second-order valence-corrected chi connectivity index (χ2v) is 6.87. The summed E-state index contributed by atoms with van der Waals surface area (Å²) >= 11 is 8.72. The lowest BCUT2D eigenvalue weighted by atomic mass is 10.3. The minimum atomic E-state index is 0.344. The van der Waals surface area contributed by atoms with Crippen molar-refractivity contribution in [3.8, 4) is 17.3 Å². The number of ether oxygens (including phenoxy) is 2. The van der Waals surface area contributed by atoms with Crippen molar-refractivity contribution in [2.75, 3.05) is 13.2 Å². The van der Waals surface area contributed by atoms with Crippen LogP contribution >= 0.6 is 28.1 Å². The minimum Gasteiger partial charge on any atom is -0.486 e. The number of rotatable bonds is 9. The summed E-state index contributed by atoms with van der Waals surface area (Å²) in [6.45, 7) is 4.44. The molecule has 0 aliphatic carbocycles. The topological polar surface area (TPSA) is 65.2 Å². The monoisotopic (exact) mass is 437 g/mol. The van der Waals surface area contributed by atoms with Crippen molar-refractivity contribution in [1.29, 1.82) is 0 Å². The van der Waals surface area contributed by atoms with E-state index in [9.17, 15) is 0 Å². The molecule has 0 bridgehead atoms. The Morgan fingerprint density at radius 1 is 1.23 bits per heavy atom. The van der Waals surface area contributed by atoms with Crippen molar-refractivity contribution in [1.82, 2.24) is 14.8 Å². The molecule has 0 aliphatic heterocycles. The van der Waals surface area contributed by atoms with E-state index < -0.39 is 0 Å². The van der Waals surface area contributed by atoms with E-state index in [1.807, 2.05) is 47.9 Å². The average Bonchev–Trinajstić information content (AvgIpc) is 3.25. The summed E-state index contributed by atoms with van der Waals surface area (Å²) in [6, 6.07) is 11.4. The highest BCUT2D eigenvalue weighted by Gasteiger charge is 2.13. The molecule has 2 aromatic heterocycles. The number of halogens is 1. The predicted molar refractivity (Wildman–Crippen MR) is 105 cm³/mol. The summed E-state index contributed by atoms with van der Waals surface area (Å²) in [7, 11) is 0. The van der Waals surface area contributed by atoms with Crippen molar-refractivity contribution >= 4 is 28.1 Å². The van der Waals surface area contributed by atoms with Gasteiger partial charge in [0, 0.05) is 24.2 Å². The van der Waals surface area contributed by atoms with Gasteiger partial charge in [-0.1, -0.05) is 15.9 Å². The maximum Gasteiger partial charge on any atom is 0.198 e. The molecule has 0 amide bonds. The zero-order chi connectivity index (χ0) is 18.4. The second kappa shape index (κ2) is 9.16. The Kier molecular flexibility index (Phi) is 6.65. The molecule has 0 radical (unpaired) electrons. The van der Waals surface area contributed by atoms with Crippen LogP contribution in [0.5, 0.6) is 5.75 Å². The first kappa shape index (κ1) is 18.9. The van der Waals surface area contributed by atoms with Gasteiger partial charge in [-0.05, 0) is 62.0 Å². The number of benzene rings is 1. The highest BCUT2D eigenvalue weighted by molar-refractivity contribution is 9.10. The van der Waals surface area contributed by atoms with Crippen LogP contribution in [0, 0.1) is 4.77 Å². The first-order valence-corrected chi connectivity index (χ1v) is 9.58. The smallest absolute Gasteiger partial charge is 0.198 e. The number of H-pyrrole nitrogens is 1. The molecule has 0 aliphatic rings. The van der Waals surface area contributed by atoms with E-state index in [0.717, 1.165) is 28.9 Å². The molecule has 6 nitrogen and oxygen atoms in total. The van der Waals surface area contributed by atoms with Crippen LogP contribution in [-0.2, 0) is 17.9 Å². The van der Waals surface area contributed by atoms with Gasteiger partial charge in [-0.3, -0.25) is 9.67 Å². The fourth-order valence-electron chi connectivity index (χ4n) is 2.44. The molecule has 3 aromatic rings. The number of hydrogen-bond acceptors (Lipinski definition) is 5. The minimum absolute atomic E-state index is 0.344. The molecule has 1 N–H and O–H groups in total. The molecule has 0 saturated carbocycles. The summed E-state index contributed by atoms with van der Waals surface area (Å²) in [6.07, 6.45) is 0.856. The second-order valence-electron chi connectivity index (χ2n) is 5.56. The molecule has 3 rings (SSSR count). The van der Waals surface area contributed by atoms with Gasteiger partial charge in [-0.15, -0.1) is 0 Å². The quantitative estimate of drug-likeness (QED) is 0.378. The average molecular weight is 438 g/mol. The lowest BCUT2D eigenvalue weighted by Crippen LogP contribution is -2.04. The highest BCUT2D eigenvalue weighted by Crippen LogP contribution is 2.23. The summed E-state index contributed by atoms with van der Waals surface area (Å²) in [5.41, 5.74) is 0. The van der Waals surface area contributed by atoms with E-state index in [-0.39, 0.29) is 0 Å². The third kappa shape index (κ3) is 4.84. The Labute approximate surface area is 165 Å². The largest absolute Gasteiger partial charge is 0.486 e. The fourth-order valence-corrected chi connectivity index (χ4v) is 2.93. The van der Waals surface area contributed by atoms with Crippen molar-refractivity contribution in [3.05, 3.63) is 51.4 Å². The molecule has 0 spiro atoms. The Morgan fingerprint density at radius 3 is 2.81 bits per heavy atom. The van der Waals surface area contributed by atoms with Gasteiger partial charge in [-0.2, -0.15) is 5.10 Å². The first-order valence-electron chi connectivity index (χ1n) is 8.37. The molecule has 0 unspecified atom stereocenters. The summed E-state index contributed by atoms with van der Waals surface area (Å²) < 4.78 is 20.5. The van der Waals surface area contributed by atoms with Crippen LogP contribution in [0.25, 0.3) is 11.6 Å². The van der Waals surface area contributed by atoms with Crippen LogP contribution in [0.2, 0.25) is 0 Å². The van der Waals surface area contributed by atoms with E-state index in [1.54, 1.807) is 0 Å². The Bertz CT molecular complexity index is 886. The fraction of sp³-hybridized carbons (Fsp3) is 0.333. The van der Waals surface area contributed by atoms with E-state index in [2.05, 4.69) is 26.1 Å². The number of furan rings is 1. The van der Waals surface area contributed by atoms with Crippen molar-refractivity contribution in [2.45, 2.75) is 26.5 Å². The molecule has 1 aromatic carbocycles. The predicted octanol–water partition coefficient (Wildman–Crippen LogP) is 4.97. The zero-order valence-corrected chi connectivity index (χ0v) is 16.8. The summed E-state index contributed by atoms with van der Waals surface area (Å²) in [5, 5.41) is 7.12. The summed E-state index contributed by atoms with van der Waals surface area (Å²) in [4.78, 5) is 0. The molecule has 0 fully saturated rings. The van der Waals surface area contributed by atoms with E-state index in [0.29, 0.717) is 36.2 Å². The van der Waals surface area contributed by atoms with Gasteiger partial charge in [0.25, 0.3) is 0 Å². The Hall–Kier alpha value is -1.90. The van der Waals surface area contributed by atoms with Crippen molar-refractivity contribution < 1.29 is 13.9 Å². The lowest BCUT2D eigenvalue weighted by molar-refractivity contribution is 0.141. The number of aromatic nitrogens is 3. The standard InChI is InChI=1S/C18H20BrN3O3S/c1-2-23-11-3-10-22-17(20-21-18(22)26)16-9-8-15(25-16)12-24-14-6-4-13(19)5-7-14/h4-9H,2-3,10-12H2,1H3,(H,21,26). The van der Waals surface area contributed by atoms with Gasteiger partial charge < -0.3 is 13.9 Å². The Balaban J connectivity index is 1.65. The van der Waals surface area contributed by atoms with E-state index in [4.69, 9.17) is 26.1 Å². The number of nitrogens with one attached hydrogen (secondary N) is 1. The van der Waals surface area contributed by atoms with E-state index in [1.165, 1.54) is 0 Å². The third-order valence-electron chi connectivity index (χ3n) is 3.71. The van der Waals surface area contributed by atoms with Crippen LogP contribution in [0.4, 0.5) is 0 Å². The molecule has 2 heterocycles. The maximum absolute atomic E-state index is 5.88. The van der Waals surface area contributed by atoms with Crippen molar-refractivity contribution in [2.24, 2.45) is 0 Å². The molecule has 0 saturated heterocycles. The highest BCUT2D eigenvalue weighted by atomic mass is 79.9. The molecule has 0 atom stereocenters. The maximum atomic E-state index is 5.88. The van der Waals surface area contributed by atoms with Gasteiger partial charge in [0.1, 0.15) is 18.1 Å². The Morgan fingerprint density at radius 2 is 2.04 bits per heavy atom. The van der Waals surface area contributed by atoms with Crippen LogP contribution in [0.3, 0.4) is 0 Å². The van der Waals surface area contributed by atoms with Crippen LogP contribution in [-0.4, -0.2) is 28.0 Å². The molecule has 138 valence electrons. The van der Waals surface area contributed by atoms with Crippen LogP contribution < -0.4 is 4.74 Å². The number of nitrogens with zero attached hydrogens (tertiary/aromatic N) is 2. The van der Waals surface area contributed by atoms with Crippen molar-refractivity contribution in [3.63, 3.8) is 0 Å². The van der Waals surface area contributed by atoms with Gasteiger partial charge in [0.05, 0.1) is 0 Å². The van der Waals surface area contributed by atoms with Gasteiger partial charge in [0.2, 0.25) is 0 Å². The number of aromatic amines is 1. The molecule has 26 heavy (non-hydrogen) atoms. The normalized spacial score (nSPS) is 11.0. The van der Waals surface area contributed by atoms with Crippen LogP contribution in [0.1, 0.15) is 19.1 Å². The van der Waals surface area contributed by atoms with Gasteiger partial charge in [0.15, 0.2) is 16.4 Å². The first-order chi connectivity index (χ1) is 12.7.